The van der Waals surface area contributed by atoms with Gasteiger partial charge in [0.25, 0.3) is 0 Å². The molecule has 0 saturated carbocycles. The van der Waals surface area contributed by atoms with Crippen molar-refractivity contribution in [2.24, 2.45) is 0 Å². The molecule has 26 heavy (non-hydrogen) atoms. The van der Waals surface area contributed by atoms with Gasteiger partial charge in [-0.15, -0.1) is 11.8 Å². The molecular weight excluding hydrogens is 358 g/mol. The first kappa shape index (κ1) is 19.7. The second-order valence-electron chi connectivity index (χ2n) is 5.28. The lowest BCUT2D eigenvalue weighted by Gasteiger charge is -2.10. The number of esters is 1. The Hall–Kier alpha value is -2.61. The van der Waals surface area contributed by atoms with E-state index in [4.69, 9.17) is 13.9 Å². The fraction of sp³-hybridized carbons (Fsp3) is 0.333. The van der Waals surface area contributed by atoms with E-state index >= 15 is 0 Å². The highest BCUT2D eigenvalue weighted by atomic mass is 32.2. The molecule has 0 unspecified atom stereocenters. The van der Waals surface area contributed by atoms with Crippen LogP contribution in [0.15, 0.2) is 28.7 Å². The molecule has 1 heterocycles. The number of thioether (sulfide) groups is 1. The van der Waals surface area contributed by atoms with Crippen LogP contribution in [0.4, 0.5) is 5.69 Å². The summed E-state index contributed by atoms with van der Waals surface area (Å²) in [6.07, 6.45) is 0. The van der Waals surface area contributed by atoms with Crippen LogP contribution in [-0.2, 0) is 15.3 Å². The van der Waals surface area contributed by atoms with Crippen LogP contribution in [0.25, 0.3) is 0 Å². The maximum absolute atomic E-state index is 12.1. The largest absolute Gasteiger partial charge is 0.493 e. The van der Waals surface area contributed by atoms with E-state index in [1.54, 1.807) is 38.3 Å². The minimum atomic E-state index is -0.436. The Morgan fingerprint density at radius 3 is 2.50 bits per heavy atom. The van der Waals surface area contributed by atoms with E-state index in [1.807, 2.05) is 0 Å². The standard InChI is InChI=1S/C18H21NO6S/c1-11-14(18(21)24-4)8-13(25-11)9-26-10-17(20)19-12-5-6-15(22-2)16(7-12)23-3/h5-8H,9-10H2,1-4H3,(H,19,20). The number of amides is 1. The molecule has 0 aliphatic heterocycles. The Balaban J connectivity index is 1.87. The number of ether oxygens (including phenoxy) is 3. The number of hydrogen-bond acceptors (Lipinski definition) is 7. The average Bonchev–Trinajstić information content (AvgIpc) is 3.01. The van der Waals surface area contributed by atoms with Gasteiger partial charge in [-0.05, 0) is 25.1 Å². The highest BCUT2D eigenvalue weighted by Gasteiger charge is 2.15. The summed E-state index contributed by atoms with van der Waals surface area (Å²) in [5, 5.41) is 2.80. The van der Waals surface area contributed by atoms with Crippen LogP contribution in [0.5, 0.6) is 11.5 Å². The van der Waals surface area contributed by atoms with Gasteiger partial charge in [-0.1, -0.05) is 0 Å². The van der Waals surface area contributed by atoms with Crippen molar-refractivity contribution in [3.05, 3.63) is 41.3 Å². The number of furan rings is 1. The summed E-state index contributed by atoms with van der Waals surface area (Å²) in [5.41, 5.74) is 1.02. The predicted molar refractivity (Wildman–Crippen MR) is 99.1 cm³/mol. The number of methoxy groups -OCH3 is 3. The molecule has 0 bridgehead atoms. The lowest BCUT2D eigenvalue weighted by atomic mass is 10.2. The van der Waals surface area contributed by atoms with Crippen LogP contribution in [-0.4, -0.2) is 39.0 Å². The number of benzene rings is 1. The number of hydrogen-bond donors (Lipinski definition) is 1. The summed E-state index contributed by atoms with van der Waals surface area (Å²) in [6.45, 7) is 1.70. The fourth-order valence-electron chi connectivity index (χ4n) is 2.28. The van der Waals surface area contributed by atoms with Crippen LogP contribution in [0.2, 0.25) is 0 Å². The summed E-state index contributed by atoms with van der Waals surface area (Å²) in [7, 11) is 4.41. The van der Waals surface area contributed by atoms with E-state index in [-0.39, 0.29) is 11.7 Å². The van der Waals surface area contributed by atoms with Gasteiger partial charge >= 0.3 is 5.97 Å². The number of carbonyl (C=O) groups excluding carboxylic acids is 2. The quantitative estimate of drug-likeness (QED) is 0.704. The highest BCUT2D eigenvalue weighted by molar-refractivity contribution is 7.99. The zero-order valence-electron chi connectivity index (χ0n) is 15.1. The third-order valence-electron chi connectivity index (χ3n) is 3.52. The molecule has 0 spiro atoms. The van der Waals surface area contributed by atoms with Gasteiger partial charge in [0.05, 0.1) is 32.8 Å². The van der Waals surface area contributed by atoms with E-state index in [1.165, 1.54) is 26.0 Å². The van der Waals surface area contributed by atoms with Gasteiger partial charge in [-0.2, -0.15) is 0 Å². The van der Waals surface area contributed by atoms with Crippen molar-refractivity contribution in [2.45, 2.75) is 12.7 Å². The first-order chi connectivity index (χ1) is 12.5. The summed E-state index contributed by atoms with van der Waals surface area (Å²) >= 11 is 1.38. The highest BCUT2D eigenvalue weighted by Crippen LogP contribution is 2.29. The third-order valence-corrected chi connectivity index (χ3v) is 4.47. The first-order valence-corrected chi connectivity index (χ1v) is 8.91. The van der Waals surface area contributed by atoms with Gasteiger partial charge in [0.1, 0.15) is 17.1 Å². The third kappa shape index (κ3) is 4.95. The maximum atomic E-state index is 12.1. The van der Waals surface area contributed by atoms with Crippen LogP contribution >= 0.6 is 11.8 Å². The lowest BCUT2D eigenvalue weighted by molar-refractivity contribution is -0.113. The molecule has 8 heteroatoms. The predicted octanol–water partition coefficient (Wildman–Crippen LogP) is 3.26. The van der Waals surface area contributed by atoms with Crippen molar-refractivity contribution in [2.75, 3.05) is 32.4 Å². The molecule has 140 valence electrons. The summed E-state index contributed by atoms with van der Waals surface area (Å²) < 4.78 is 20.6. The molecule has 1 N–H and O–H groups in total. The normalized spacial score (nSPS) is 10.3. The molecule has 0 fully saturated rings. The SMILES string of the molecule is COC(=O)c1cc(CSCC(=O)Nc2ccc(OC)c(OC)c2)oc1C. The zero-order chi connectivity index (χ0) is 19.1. The van der Waals surface area contributed by atoms with E-state index in [0.29, 0.717) is 40.0 Å². The summed E-state index contributed by atoms with van der Waals surface area (Å²) in [6, 6.07) is 6.80. The number of rotatable bonds is 8. The van der Waals surface area contributed by atoms with Gasteiger partial charge in [0, 0.05) is 11.8 Å². The second-order valence-corrected chi connectivity index (χ2v) is 6.27. The molecule has 0 aliphatic rings. The molecule has 2 rings (SSSR count). The van der Waals surface area contributed by atoms with E-state index in [9.17, 15) is 9.59 Å². The second kappa shape index (κ2) is 9.19. The monoisotopic (exact) mass is 379 g/mol. The number of aryl methyl sites for hydroxylation is 1. The van der Waals surface area contributed by atoms with Crippen molar-refractivity contribution in [3.8, 4) is 11.5 Å². The molecule has 7 nitrogen and oxygen atoms in total. The molecule has 0 atom stereocenters. The fourth-order valence-corrected chi connectivity index (χ4v) is 2.99. The Kier molecular flexibility index (Phi) is 6.97. The van der Waals surface area contributed by atoms with Crippen LogP contribution in [0, 0.1) is 6.92 Å². The molecular formula is C18H21NO6S. The molecule has 1 aromatic carbocycles. The van der Waals surface area contributed by atoms with Gasteiger partial charge < -0.3 is 23.9 Å². The Morgan fingerprint density at radius 2 is 1.85 bits per heavy atom. The Morgan fingerprint density at radius 1 is 1.12 bits per heavy atom. The van der Waals surface area contributed by atoms with Crippen LogP contribution < -0.4 is 14.8 Å². The summed E-state index contributed by atoms with van der Waals surface area (Å²) in [4.78, 5) is 23.6. The first-order valence-electron chi connectivity index (χ1n) is 7.75. The molecule has 0 radical (unpaired) electrons. The summed E-state index contributed by atoms with van der Waals surface area (Å²) in [5.74, 6) is 2.37. The number of anilines is 1. The molecule has 2 aromatic rings. The maximum Gasteiger partial charge on any atom is 0.341 e. The smallest absolute Gasteiger partial charge is 0.341 e. The topological polar surface area (TPSA) is 87.0 Å². The average molecular weight is 379 g/mol. The van der Waals surface area contributed by atoms with Gasteiger partial charge in [0.15, 0.2) is 11.5 Å². The lowest BCUT2D eigenvalue weighted by Crippen LogP contribution is -2.14. The zero-order valence-corrected chi connectivity index (χ0v) is 15.9. The van der Waals surface area contributed by atoms with E-state index < -0.39 is 5.97 Å². The van der Waals surface area contributed by atoms with Gasteiger partial charge in [-0.25, -0.2) is 4.79 Å². The van der Waals surface area contributed by atoms with Crippen molar-refractivity contribution in [3.63, 3.8) is 0 Å². The van der Waals surface area contributed by atoms with E-state index in [2.05, 4.69) is 10.1 Å². The molecule has 1 amide bonds. The molecule has 0 saturated heterocycles. The molecule has 0 aliphatic carbocycles. The van der Waals surface area contributed by atoms with Gasteiger partial charge in [-0.3, -0.25) is 4.79 Å². The van der Waals surface area contributed by atoms with Crippen LogP contribution in [0.3, 0.4) is 0 Å². The Labute approximate surface area is 156 Å². The van der Waals surface area contributed by atoms with Crippen molar-refractivity contribution in [1.29, 1.82) is 0 Å². The minimum absolute atomic E-state index is 0.154. The van der Waals surface area contributed by atoms with Crippen molar-refractivity contribution in [1.82, 2.24) is 0 Å². The number of carbonyl (C=O) groups is 2. The van der Waals surface area contributed by atoms with Gasteiger partial charge in [0.2, 0.25) is 5.91 Å². The van der Waals surface area contributed by atoms with Crippen molar-refractivity contribution < 1.29 is 28.2 Å². The van der Waals surface area contributed by atoms with Crippen molar-refractivity contribution >= 4 is 29.3 Å². The number of nitrogens with one attached hydrogen (secondary N) is 1. The van der Waals surface area contributed by atoms with Crippen LogP contribution in [0.1, 0.15) is 21.9 Å². The Bertz CT molecular complexity index is 786. The van der Waals surface area contributed by atoms with E-state index in [0.717, 1.165) is 0 Å². The minimum Gasteiger partial charge on any atom is -0.493 e. The molecule has 1 aromatic heterocycles.